The normalized spacial score (nSPS) is 16.9. The highest BCUT2D eigenvalue weighted by Gasteiger charge is 2.21. The van der Waals surface area contributed by atoms with Crippen molar-refractivity contribution in [3.05, 3.63) is 53.7 Å². The number of nitrogens with zero attached hydrogens (tertiary/aromatic N) is 3. The monoisotopic (exact) mass is 325 g/mol. The number of guanidine groups is 1. The molecule has 1 unspecified atom stereocenters. The van der Waals surface area contributed by atoms with Crippen LogP contribution in [0, 0.1) is 0 Å². The topological polar surface area (TPSA) is 75.8 Å². The zero-order chi connectivity index (χ0) is 16.9. The lowest BCUT2D eigenvalue weighted by atomic mass is 10.0. The van der Waals surface area contributed by atoms with Crippen molar-refractivity contribution in [2.45, 2.75) is 19.0 Å². The van der Waals surface area contributed by atoms with Gasteiger partial charge < -0.3 is 20.7 Å². The van der Waals surface area contributed by atoms with Crippen LogP contribution in [0.3, 0.4) is 0 Å². The molecule has 0 aliphatic carbocycles. The van der Waals surface area contributed by atoms with Crippen LogP contribution >= 0.6 is 0 Å². The molecule has 126 valence electrons. The number of hydrogen-bond acceptors (Lipinski definition) is 4. The molecule has 1 atom stereocenters. The molecule has 0 saturated carbocycles. The Morgan fingerprint density at radius 3 is 2.96 bits per heavy atom. The van der Waals surface area contributed by atoms with Crippen molar-refractivity contribution in [2.24, 2.45) is 10.7 Å². The SMILES string of the molecule is CN(C)c1cccc(CN=C(N)NC2CCOc3ccccc32)n1. The van der Waals surface area contributed by atoms with E-state index < -0.39 is 0 Å². The van der Waals surface area contributed by atoms with E-state index in [1.807, 2.05) is 55.4 Å². The van der Waals surface area contributed by atoms with Gasteiger partial charge in [0.15, 0.2) is 5.96 Å². The fraction of sp³-hybridized carbons (Fsp3) is 0.333. The Morgan fingerprint density at radius 2 is 2.12 bits per heavy atom. The summed E-state index contributed by atoms with van der Waals surface area (Å²) in [6.07, 6.45) is 0.863. The van der Waals surface area contributed by atoms with E-state index in [9.17, 15) is 0 Å². The second-order valence-electron chi connectivity index (χ2n) is 5.95. The molecular weight excluding hydrogens is 302 g/mol. The number of ether oxygens (including phenoxy) is 1. The van der Waals surface area contributed by atoms with Crippen LogP contribution in [0.2, 0.25) is 0 Å². The summed E-state index contributed by atoms with van der Waals surface area (Å²) in [4.78, 5) is 10.9. The van der Waals surface area contributed by atoms with E-state index in [-0.39, 0.29) is 6.04 Å². The quantitative estimate of drug-likeness (QED) is 0.665. The molecular formula is C18H23N5O. The lowest BCUT2D eigenvalue weighted by Gasteiger charge is -2.26. The predicted molar refractivity (Wildman–Crippen MR) is 96.3 cm³/mol. The molecule has 3 N–H and O–H groups in total. The number of aromatic nitrogens is 1. The Balaban J connectivity index is 1.66. The van der Waals surface area contributed by atoms with Gasteiger partial charge in [-0.2, -0.15) is 0 Å². The summed E-state index contributed by atoms with van der Waals surface area (Å²) in [5, 5.41) is 3.29. The molecule has 24 heavy (non-hydrogen) atoms. The average molecular weight is 325 g/mol. The van der Waals surface area contributed by atoms with Crippen molar-refractivity contribution in [3.63, 3.8) is 0 Å². The van der Waals surface area contributed by atoms with E-state index in [0.29, 0.717) is 19.1 Å². The molecule has 0 fully saturated rings. The zero-order valence-corrected chi connectivity index (χ0v) is 14.1. The first-order valence-electron chi connectivity index (χ1n) is 8.05. The number of nitrogens with one attached hydrogen (secondary N) is 1. The van der Waals surface area contributed by atoms with Crippen LogP contribution in [0.25, 0.3) is 0 Å². The number of pyridine rings is 1. The highest BCUT2D eigenvalue weighted by Crippen LogP contribution is 2.31. The third-order valence-corrected chi connectivity index (χ3v) is 3.94. The highest BCUT2D eigenvalue weighted by atomic mass is 16.5. The van der Waals surface area contributed by atoms with E-state index in [2.05, 4.69) is 21.4 Å². The first kappa shape index (κ1) is 16.1. The van der Waals surface area contributed by atoms with Gasteiger partial charge in [-0.25, -0.2) is 9.98 Å². The molecule has 0 amide bonds. The molecule has 6 nitrogen and oxygen atoms in total. The summed E-state index contributed by atoms with van der Waals surface area (Å²) in [6, 6.07) is 14.0. The van der Waals surface area contributed by atoms with Gasteiger partial charge in [0.25, 0.3) is 0 Å². The molecule has 1 aliphatic heterocycles. The highest BCUT2D eigenvalue weighted by molar-refractivity contribution is 5.78. The fourth-order valence-corrected chi connectivity index (χ4v) is 2.69. The maximum Gasteiger partial charge on any atom is 0.189 e. The van der Waals surface area contributed by atoms with Crippen LogP contribution < -0.4 is 20.7 Å². The van der Waals surface area contributed by atoms with Gasteiger partial charge in [-0.05, 0) is 18.2 Å². The van der Waals surface area contributed by atoms with E-state index in [1.54, 1.807) is 0 Å². The Morgan fingerprint density at radius 1 is 1.29 bits per heavy atom. The first-order chi connectivity index (χ1) is 11.6. The number of fused-ring (bicyclic) bond motifs is 1. The van der Waals surface area contributed by atoms with Gasteiger partial charge in [0.1, 0.15) is 11.6 Å². The van der Waals surface area contributed by atoms with Gasteiger partial charge in [-0.15, -0.1) is 0 Å². The van der Waals surface area contributed by atoms with Crippen LogP contribution in [-0.2, 0) is 6.54 Å². The average Bonchev–Trinajstić information content (AvgIpc) is 2.60. The third-order valence-electron chi connectivity index (χ3n) is 3.94. The van der Waals surface area contributed by atoms with Crippen LogP contribution in [0.4, 0.5) is 5.82 Å². The second-order valence-corrected chi connectivity index (χ2v) is 5.95. The minimum atomic E-state index is 0.125. The van der Waals surface area contributed by atoms with E-state index in [0.717, 1.165) is 29.2 Å². The van der Waals surface area contributed by atoms with Gasteiger partial charge >= 0.3 is 0 Å². The minimum absolute atomic E-state index is 0.125. The van der Waals surface area contributed by atoms with Crippen molar-refractivity contribution in [1.82, 2.24) is 10.3 Å². The number of benzene rings is 1. The number of para-hydroxylation sites is 1. The number of rotatable bonds is 4. The number of anilines is 1. The molecule has 0 spiro atoms. The first-order valence-corrected chi connectivity index (χ1v) is 8.05. The Bertz CT molecular complexity index is 729. The minimum Gasteiger partial charge on any atom is -0.493 e. The van der Waals surface area contributed by atoms with Gasteiger partial charge in [-0.1, -0.05) is 24.3 Å². The number of hydrogen-bond donors (Lipinski definition) is 2. The van der Waals surface area contributed by atoms with Gasteiger partial charge in [0, 0.05) is 26.1 Å². The lowest BCUT2D eigenvalue weighted by molar-refractivity contribution is 0.262. The van der Waals surface area contributed by atoms with E-state index in [4.69, 9.17) is 10.5 Å². The molecule has 1 aliphatic rings. The van der Waals surface area contributed by atoms with E-state index in [1.165, 1.54) is 0 Å². The van der Waals surface area contributed by atoms with Crippen LogP contribution in [-0.4, -0.2) is 31.6 Å². The number of nitrogens with two attached hydrogens (primary N) is 1. The van der Waals surface area contributed by atoms with Gasteiger partial charge in [-0.3, -0.25) is 0 Å². The Labute approximate surface area is 142 Å². The molecule has 0 bridgehead atoms. The van der Waals surface area contributed by atoms with Crippen LogP contribution in [0.1, 0.15) is 23.7 Å². The smallest absolute Gasteiger partial charge is 0.189 e. The van der Waals surface area contributed by atoms with Crippen molar-refractivity contribution in [3.8, 4) is 5.75 Å². The van der Waals surface area contributed by atoms with Crippen LogP contribution in [0.15, 0.2) is 47.5 Å². The van der Waals surface area contributed by atoms with Gasteiger partial charge in [0.05, 0.1) is 24.9 Å². The van der Waals surface area contributed by atoms with Crippen molar-refractivity contribution in [1.29, 1.82) is 0 Å². The second kappa shape index (κ2) is 7.21. The summed E-state index contributed by atoms with van der Waals surface area (Å²) < 4.78 is 5.66. The maximum absolute atomic E-state index is 6.07. The molecule has 0 saturated heterocycles. The Kier molecular flexibility index (Phi) is 4.84. The molecule has 1 aromatic carbocycles. The van der Waals surface area contributed by atoms with Gasteiger partial charge in [0.2, 0.25) is 0 Å². The van der Waals surface area contributed by atoms with Crippen molar-refractivity contribution >= 4 is 11.8 Å². The number of aliphatic imine (C=N–C) groups is 1. The van der Waals surface area contributed by atoms with Crippen molar-refractivity contribution in [2.75, 3.05) is 25.6 Å². The molecule has 0 radical (unpaired) electrons. The van der Waals surface area contributed by atoms with Crippen molar-refractivity contribution < 1.29 is 4.74 Å². The largest absolute Gasteiger partial charge is 0.493 e. The zero-order valence-electron chi connectivity index (χ0n) is 14.1. The third kappa shape index (κ3) is 3.76. The molecule has 3 rings (SSSR count). The van der Waals surface area contributed by atoms with E-state index >= 15 is 0 Å². The fourth-order valence-electron chi connectivity index (χ4n) is 2.69. The summed E-state index contributed by atoms with van der Waals surface area (Å²) >= 11 is 0. The summed E-state index contributed by atoms with van der Waals surface area (Å²) in [5.41, 5.74) is 8.07. The van der Waals surface area contributed by atoms with Crippen LogP contribution in [0.5, 0.6) is 5.75 Å². The Hall–Kier alpha value is -2.76. The molecule has 2 heterocycles. The molecule has 6 heteroatoms. The maximum atomic E-state index is 6.07. The summed E-state index contributed by atoms with van der Waals surface area (Å²) in [7, 11) is 3.93. The summed E-state index contributed by atoms with van der Waals surface area (Å²) in [6.45, 7) is 1.12. The molecule has 1 aromatic heterocycles. The predicted octanol–water partition coefficient (Wildman–Crippen LogP) is 2.08. The lowest BCUT2D eigenvalue weighted by Crippen LogP contribution is -2.37. The summed E-state index contributed by atoms with van der Waals surface area (Å²) in [5.74, 6) is 2.25. The standard InChI is InChI=1S/C18H23N5O/c1-23(2)17-9-5-6-13(21-17)12-20-18(19)22-15-10-11-24-16-8-4-3-7-14(15)16/h3-9,15H,10-12H2,1-2H3,(H3,19,20,22). The molecule has 2 aromatic rings.